The van der Waals surface area contributed by atoms with Gasteiger partial charge in [0.05, 0.1) is 18.1 Å². The van der Waals surface area contributed by atoms with Gasteiger partial charge in [-0.25, -0.2) is 22.5 Å². The Labute approximate surface area is 136 Å². The molecule has 1 saturated heterocycles. The molecule has 1 unspecified atom stereocenters. The summed E-state index contributed by atoms with van der Waals surface area (Å²) in [7, 11) is 0.556. The quantitative estimate of drug-likeness (QED) is 0.840. The number of urea groups is 1. The lowest BCUT2D eigenvalue weighted by atomic mass is 10.1. The Morgan fingerprint density at radius 3 is 2.70 bits per heavy atom. The fraction of sp³-hybridized carbons (Fsp3) is 0.571. The highest BCUT2D eigenvalue weighted by molar-refractivity contribution is 7.88. The first-order valence-electron chi connectivity index (χ1n) is 7.42. The highest BCUT2D eigenvalue weighted by Crippen LogP contribution is 2.14. The second kappa shape index (κ2) is 7.14. The first-order chi connectivity index (χ1) is 10.8. The van der Waals surface area contributed by atoms with Gasteiger partial charge in [0, 0.05) is 33.2 Å². The maximum Gasteiger partial charge on any atom is 0.319 e. The van der Waals surface area contributed by atoms with Crippen molar-refractivity contribution in [1.82, 2.24) is 14.6 Å². The third kappa shape index (κ3) is 5.07. The lowest BCUT2D eigenvalue weighted by Crippen LogP contribution is -2.50. The average molecular weight is 341 g/mol. The minimum Gasteiger partial charge on any atom is -0.363 e. The van der Waals surface area contributed by atoms with Crippen molar-refractivity contribution in [3.63, 3.8) is 0 Å². The van der Waals surface area contributed by atoms with Gasteiger partial charge in [0.1, 0.15) is 5.82 Å². The van der Waals surface area contributed by atoms with E-state index in [0.717, 1.165) is 18.7 Å². The van der Waals surface area contributed by atoms with Crippen molar-refractivity contribution >= 4 is 27.6 Å². The van der Waals surface area contributed by atoms with Gasteiger partial charge in [-0.05, 0) is 25.0 Å². The third-order valence-corrected chi connectivity index (χ3v) is 4.92. The summed E-state index contributed by atoms with van der Waals surface area (Å²) in [6.45, 7) is 0.818. The molecule has 2 amide bonds. The van der Waals surface area contributed by atoms with E-state index in [1.807, 2.05) is 25.1 Å². The van der Waals surface area contributed by atoms with Crippen molar-refractivity contribution in [3.8, 4) is 0 Å². The van der Waals surface area contributed by atoms with E-state index in [-0.39, 0.29) is 12.1 Å². The van der Waals surface area contributed by atoms with E-state index >= 15 is 0 Å². The Morgan fingerprint density at radius 1 is 1.39 bits per heavy atom. The monoisotopic (exact) mass is 341 g/mol. The average Bonchev–Trinajstić information content (AvgIpc) is 2.47. The fourth-order valence-corrected chi connectivity index (χ4v) is 3.35. The summed E-state index contributed by atoms with van der Waals surface area (Å²) >= 11 is 0. The van der Waals surface area contributed by atoms with Gasteiger partial charge < -0.3 is 15.5 Å². The van der Waals surface area contributed by atoms with E-state index in [4.69, 9.17) is 0 Å². The molecule has 1 aromatic rings. The van der Waals surface area contributed by atoms with Gasteiger partial charge in [-0.1, -0.05) is 0 Å². The van der Waals surface area contributed by atoms with Crippen molar-refractivity contribution in [1.29, 1.82) is 0 Å². The molecule has 23 heavy (non-hydrogen) atoms. The summed E-state index contributed by atoms with van der Waals surface area (Å²) in [5.74, 6) is 0.798. The number of anilines is 2. The van der Waals surface area contributed by atoms with Crippen molar-refractivity contribution in [2.24, 2.45) is 0 Å². The Balaban J connectivity index is 1.89. The molecule has 1 fully saturated rings. The number of sulfonamides is 1. The molecule has 9 heteroatoms. The standard InChI is InChI=1S/C14H23N5O3S/c1-18(2)13-7-6-11(9-15-13)16-14(20)17-12-5-4-8-19(10-12)23(3,21)22/h6-7,9,12H,4-5,8,10H2,1-3H3,(H2,16,17,20). The highest BCUT2D eigenvalue weighted by Gasteiger charge is 2.26. The summed E-state index contributed by atoms with van der Waals surface area (Å²) in [6.07, 6.45) is 4.26. The van der Waals surface area contributed by atoms with Crippen LogP contribution >= 0.6 is 0 Å². The number of rotatable bonds is 4. The van der Waals surface area contributed by atoms with Crippen LogP contribution in [0, 0.1) is 0 Å². The lowest BCUT2D eigenvalue weighted by Gasteiger charge is -2.31. The molecule has 8 nitrogen and oxygen atoms in total. The van der Waals surface area contributed by atoms with Crippen LogP contribution in [0.3, 0.4) is 0 Å². The molecule has 2 rings (SSSR count). The van der Waals surface area contributed by atoms with Gasteiger partial charge in [-0.3, -0.25) is 0 Å². The van der Waals surface area contributed by atoms with E-state index in [1.165, 1.54) is 10.6 Å². The molecule has 128 valence electrons. The maximum absolute atomic E-state index is 12.0. The topological polar surface area (TPSA) is 94.6 Å². The van der Waals surface area contributed by atoms with E-state index in [2.05, 4.69) is 15.6 Å². The molecule has 1 aliphatic heterocycles. The van der Waals surface area contributed by atoms with Gasteiger partial charge in [0.15, 0.2) is 0 Å². The first kappa shape index (κ1) is 17.5. The Morgan fingerprint density at radius 2 is 2.13 bits per heavy atom. The largest absolute Gasteiger partial charge is 0.363 e. The summed E-state index contributed by atoms with van der Waals surface area (Å²) in [5.41, 5.74) is 0.587. The Hall–Kier alpha value is -1.87. The highest BCUT2D eigenvalue weighted by atomic mass is 32.2. The van der Waals surface area contributed by atoms with Crippen LogP contribution in [0.15, 0.2) is 18.3 Å². The molecule has 2 heterocycles. The molecule has 0 aromatic carbocycles. The van der Waals surface area contributed by atoms with Crippen LogP contribution in [0.4, 0.5) is 16.3 Å². The van der Waals surface area contributed by atoms with Crippen LogP contribution in [-0.4, -0.2) is 63.2 Å². The Kier molecular flexibility index (Phi) is 5.42. The van der Waals surface area contributed by atoms with E-state index in [0.29, 0.717) is 18.8 Å². The number of amides is 2. The molecule has 2 N–H and O–H groups in total. The number of carbonyl (C=O) groups is 1. The number of piperidine rings is 1. The van der Waals surface area contributed by atoms with Crippen molar-refractivity contribution in [2.75, 3.05) is 43.7 Å². The van der Waals surface area contributed by atoms with Crippen molar-refractivity contribution in [3.05, 3.63) is 18.3 Å². The van der Waals surface area contributed by atoms with E-state index < -0.39 is 10.0 Å². The van der Waals surface area contributed by atoms with Gasteiger partial charge in [-0.15, -0.1) is 0 Å². The van der Waals surface area contributed by atoms with Gasteiger partial charge in [0.2, 0.25) is 10.0 Å². The molecule has 1 aromatic heterocycles. The van der Waals surface area contributed by atoms with Gasteiger partial charge in [0.25, 0.3) is 0 Å². The molecule has 0 radical (unpaired) electrons. The summed E-state index contributed by atoms with van der Waals surface area (Å²) < 4.78 is 24.6. The van der Waals surface area contributed by atoms with Gasteiger partial charge >= 0.3 is 6.03 Å². The molecule has 0 spiro atoms. The first-order valence-corrected chi connectivity index (χ1v) is 9.26. The molecule has 0 bridgehead atoms. The molecule has 1 aliphatic rings. The van der Waals surface area contributed by atoms with Crippen LogP contribution in [0.2, 0.25) is 0 Å². The Bertz CT molecular complexity index is 645. The van der Waals surface area contributed by atoms with Crippen LogP contribution in [-0.2, 0) is 10.0 Å². The number of hydrogen-bond acceptors (Lipinski definition) is 5. The summed E-state index contributed by atoms with van der Waals surface area (Å²) in [5, 5.41) is 5.52. The van der Waals surface area contributed by atoms with E-state index in [1.54, 1.807) is 12.3 Å². The van der Waals surface area contributed by atoms with Crippen molar-refractivity contribution in [2.45, 2.75) is 18.9 Å². The number of carbonyl (C=O) groups excluding carboxylic acids is 1. The fourth-order valence-electron chi connectivity index (χ4n) is 2.44. The van der Waals surface area contributed by atoms with Crippen LogP contribution in [0.5, 0.6) is 0 Å². The molecule has 0 saturated carbocycles. The normalized spacial score (nSPS) is 19.2. The molecular formula is C14H23N5O3S. The summed E-state index contributed by atoms with van der Waals surface area (Å²) in [4.78, 5) is 18.1. The second-order valence-corrected chi connectivity index (χ2v) is 7.84. The molecular weight excluding hydrogens is 318 g/mol. The zero-order valence-corrected chi connectivity index (χ0v) is 14.4. The van der Waals surface area contributed by atoms with Gasteiger partial charge in [-0.2, -0.15) is 0 Å². The molecule has 0 aliphatic carbocycles. The number of nitrogens with zero attached hydrogens (tertiary/aromatic N) is 3. The van der Waals surface area contributed by atoms with Crippen molar-refractivity contribution < 1.29 is 13.2 Å². The maximum atomic E-state index is 12.0. The minimum absolute atomic E-state index is 0.188. The smallest absolute Gasteiger partial charge is 0.319 e. The van der Waals surface area contributed by atoms with E-state index in [9.17, 15) is 13.2 Å². The second-order valence-electron chi connectivity index (χ2n) is 5.86. The zero-order chi connectivity index (χ0) is 17.0. The number of nitrogens with one attached hydrogen (secondary N) is 2. The number of hydrogen-bond donors (Lipinski definition) is 2. The molecule has 1 atom stereocenters. The SMILES string of the molecule is CN(C)c1ccc(NC(=O)NC2CCCN(S(C)(=O)=O)C2)cn1. The predicted molar refractivity (Wildman–Crippen MR) is 90.2 cm³/mol. The van der Waals surface area contributed by atoms with Crippen LogP contribution in [0.25, 0.3) is 0 Å². The number of pyridine rings is 1. The van der Waals surface area contributed by atoms with Crippen LogP contribution in [0.1, 0.15) is 12.8 Å². The lowest BCUT2D eigenvalue weighted by molar-refractivity contribution is 0.236. The minimum atomic E-state index is -3.22. The predicted octanol–water partition coefficient (Wildman–Crippen LogP) is 0.693. The van der Waals surface area contributed by atoms with Crippen LogP contribution < -0.4 is 15.5 Å². The zero-order valence-electron chi connectivity index (χ0n) is 13.6. The number of aromatic nitrogens is 1. The third-order valence-electron chi connectivity index (χ3n) is 3.65. The summed E-state index contributed by atoms with van der Waals surface area (Å²) in [6, 6.07) is 3.03.